The summed E-state index contributed by atoms with van der Waals surface area (Å²) in [5, 5.41) is 8.99. The molecule has 0 aliphatic carbocycles. The maximum absolute atomic E-state index is 8.99. The summed E-state index contributed by atoms with van der Waals surface area (Å²) in [6.45, 7) is 11.1. The van der Waals surface area contributed by atoms with E-state index in [1.807, 2.05) is 13.8 Å². The fourth-order valence-electron chi connectivity index (χ4n) is 1.50. The zero-order chi connectivity index (χ0) is 12.6. The Kier molecular flexibility index (Phi) is 7.36. The van der Waals surface area contributed by atoms with Crippen molar-refractivity contribution in [3.8, 4) is 6.07 Å². The van der Waals surface area contributed by atoms with Crippen LogP contribution >= 0.6 is 0 Å². The molecular weight excluding hydrogens is 200 g/mol. The van der Waals surface area contributed by atoms with Gasteiger partial charge in [-0.2, -0.15) is 5.26 Å². The standard InChI is InChI=1S/C13H26N2O/c1-6-12(2)15(9-10-16-5)8-7-13(3,4)11-14/h12H,6-10H2,1-5H3. The molecular formula is C13H26N2O. The fraction of sp³-hybridized carbons (Fsp3) is 0.923. The minimum atomic E-state index is -0.223. The Morgan fingerprint density at radius 2 is 2.00 bits per heavy atom. The average molecular weight is 226 g/mol. The van der Waals surface area contributed by atoms with E-state index in [1.54, 1.807) is 7.11 Å². The van der Waals surface area contributed by atoms with E-state index in [0.717, 1.165) is 32.5 Å². The highest BCUT2D eigenvalue weighted by atomic mass is 16.5. The van der Waals surface area contributed by atoms with E-state index in [-0.39, 0.29) is 5.41 Å². The van der Waals surface area contributed by atoms with Crippen molar-refractivity contribution in [2.45, 2.75) is 46.6 Å². The van der Waals surface area contributed by atoms with Gasteiger partial charge in [0.1, 0.15) is 0 Å². The van der Waals surface area contributed by atoms with Gasteiger partial charge in [-0.25, -0.2) is 0 Å². The molecule has 0 aromatic rings. The molecule has 0 fully saturated rings. The number of hydrogen-bond acceptors (Lipinski definition) is 3. The Morgan fingerprint density at radius 1 is 1.38 bits per heavy atom. The summed E-state index contributed by atoms with van der Waals surface area (Å²) in [4.78, 5) is 2.41. The van der Waals surface area contributed by atoms with Gasteiger partial charge in [-0.3, -0.25) is 4.90 Å². The number of nitrogens with zero attached hydrogens (tertiary/aromatic N) is 2. The minimum absolute atomic E-state index is 0.223. The minimum Gasteiger partial charge on any atom is -0.383 e. The summed E-state index contributed by atoms with van der Waals surface area (Å²) in [5.41, 5.74) is -0.223. The molecule has 0 amide bonds. The molecule has 0 bridgehead atoms. The summed E-state index contributed by atoms with van der Waals surface area (Å²) < 4.78 is 5.12. The van der Waals surface area contributed by atoms with Gasteiger partial charge in [0.05, 0.1) is 18.1 Å². The zero-order valence-electron chi connectivity index (χ0n) is 11.4. The molecule has 0 radical (unpaired) electrons. The van der Waals surface area contributed by atoms with Gasteiger partial charge in [0, 0.05) is 26.2 Å². The number of nitriles is 1. The number of rotatable bonds is 8. The van der Waals surface area contributed by atoms with E-state index in [4.69, 9.17) is 10.00 Å². The summed E-state index contributed by atoms with van der Waals surface area (Å²) >= 11 is 0. The molecule has 3 nitrogen and oxygen atoms in total. The van der Waals surface area contributed by atoms with E-state index in [0.29, 0.717) is 6.04 Å². The van der Waals surface area contributed by atoms with Crippen molar-refractivity contribution in [2.24, 2.45) is 5.41 Å². The van der Waals surface area contributed by atoms with Crippen molar-refractivity contribution in [3.63, 3.8) is 0 Å². The maximum atomic E-state index is 8.99. The highest BCUT2D eigenvalue weighted by molar-refractivity contribution is 4.92. The van der Waals surface area contributed by atoms with Crippen LogP contribution in [-0.4, -0.2) is 37.7 Å². The molecule has 1 atom stereocenters. The van der Waals surface area contributed by atoms with Gasteiger partial charge in [0.25, 0.3) is 0 Å². The van der Waals surface area contributed by atoms with E-state index >= 15 is 0 Å². The second-order valence-electron chi connectivity index (χ2n) is 5.03. The average Bonchev–Trinajstić information content (AvgIpc) is 2.28. The van der Waals surface area contributed by atoms with Crippen LogP contribution in [0, 0.1) is 16.7 Å². The Labute approximate surface area is 100 Å². The molecule has 0 rings (SSSR count). The summed E-state index contributed by atoms with van der Waals surface area (Å²) in [6.07, 6.45) is 2.05. The van der Waals surface area contributed by atoms with Crippen LogP contribution in [0.3, 0.4) is 0 Å². The van der Waals surface area contributed by atoms with Gasteiger partial charge in [0.15, 0.2) is 0 Å². The van der Waals surface area contributed by atoms with Crippen LogP contribution < -0.4 is 0 Å². The summed E-state index contributed by atoms with van der Waals surface area (Å²) in [6, 6.07) is 2.91. The van der Waals surface area contributed by atoms with Crippen molar-refractivity contribution < 1.29 is 4.74 Å². The summed E-state index contributed by atoms with van der Waals surface area (Å²) in [7, 11) is 1.73. The Bertz CT molecular complexity index is 220. The normalized spacial score (nSPS) is 13.8. The predicted molar refractivity (Wildman–Crippen MR) is 67.2 cm³/mol. The molecule has 0 saturated carbocycles. The third-order valence-electron chi connectivity index (χ3n) is 3.12. The Balaban J connectivity index is 4.17. The monoisotopic (exact) mass is 226 g/mol. The Morgan fingerprint density at radius 3 is 2.44 bits per heavy atom. The number of ether oxygens (including phenoxy) is 1. The van der Waals surface area contributed by atoms with Gasteiger partial charge in [-0.1, -0.05) is 6.92 Å². The molecule has 16 heavy (non-hydrogen) atoms. The van der Waals surface area contributed by atoms with E-state index in [9.17, 15) is 0 Å². The lowest BCUT2D eigenvalue weighted by Gasteiger charge is -2.30. The highest BCUT2D eigenvalue weighted by Gasteiger charge is 2.20. The molecule has 0 N–H and O–H groups in total. The molecule has 0 aromatic heterocycles. The SMILES string of the molecule is CCC(C)N(CCOC)CCC(C)(C)C#N. The predicted octanol–water partition coefficient (Wildman–Crippen LogP) is 2.67. The van der Waals surface area contributed by atoms with Crippen LogP contribution in [0.5, 0.6) is 0 Å². The van der Waals surface area contributed by atoms with E-state index in [2.05, 4.69) is 24.8 Å². The fourth-order valence-corrected chi connectivity index (χ4v) is 1.50. The maximum Gasteiger partial charge on any atom is 0.0684 e. The second kappa shape index (κ2) is 7.65. The first-order chi connectivity index (χ1) is 7.46. The van der Waals surface area contributed by atoms with Crippen LogP contribution in [0.2, 0.25) is 0 Å². The summed E-state index contributed by atoms with van der Waals surface area (Å²) in [5.74, 6) is 0. The third kappa shape index (κ3) is 6.09. The molecule has 0 heterocycles. The zero-order valence-corrected chi connectivity index (χ0v) is 11.4. The molecule has 3 heteroatoms. The lowest BCUT2D eigenvalue weighted by atomic mass is 9.91. The van der Waals surface area contributed by atoms with Gasteiger partial charge in [0.2, 0.25) is 0 Å². The molecule has 0 aromatic carbocycles. The first kappa shape index (κ1) is 15.4. The van der Waals surface area contributed by atoms with Crippen LogP contribution in [0.1, 0.15) is 40.5 Å². The lowest BCUT2D eigenvalue weighted by molar-refractivity contribution is 0.115. The third-order valence-corrected chi connectivity index (χ3v) is 3.12. The van der Waals surface area contributed by atoms with Crippen molar-refractivity contribution in [1.29, 1.82) is 5.26 Å². The smallest absolute Gasteiger partial charge is 0.0684 e. The topological polar surface area (TPSA) is 36.3 Å². The molecule has 94 valence electrons. The largest absolute Gasteiger partial charge is 0.383 e. The second-order valence-corrected chi connectivity index (χ2v) is 5.03. The van der Waals surface area contributed by atoms with Crippen molar-refractivity contribution in [3.05, 3.63) is 0 Å². The molecule has 0 aliphatic heterocycles. The van der Waals surface area contributed by atoms with Crippen molar-refractivity contribution >= 4 is 0 Å². The Hall–Kier alpha value is -0.590. The van der Waals surface area contributed by atoms with E-state index in [1.165, 1.54) is 0 Å². The van der Waals surface area contributed by atoms with Gasteiger partial charge in [-0.15, -0.1) is 0 Å². The number of hydrogen-bond donors (Lipinski definition) is 0. The molecule has 1 unspecified atom stereocenters. The highest BCUT2D eigenvalue weighted by Crippen LogP contribution is 2.19. The van der Waals surface area contributed by atoms with Crippen molar-refractivity contribution in [2.75, 3.05) is 26.8 Å². The van der Waals surface area contributed by atoms with Gasteiger partial charge in [-0.05, 0) is 33.6 Å². The van der Waals surface area contributed by atoms with Gasteiger partial charge >= 0.3 is 0 Å². The number of methoxy groups -OCH3 is 1. The van der Waals surface area contributed by atoms with E-state index < -0.39 is 0 Å². The van der Waals surface area contributed by atoms with Crippen LogP contribution in [0.4, 0.5) is 0 Å². The van der Waals surface area contributed by atoms with Crippen molar-refractivity contribution in [1.82, 2.24) is 4.90 Å². The van der Waals surface area contributed by atoms with Gasteiger partial charge < -0.3 is 4.74 Å². The van der Waals surface area contributed by atoms with Crippen LogP contribution in [0.15, 0.2) is 0 Å². The molecule has 0 spiro atoms. The van der Waals surface area contributed by atoms with Crippen LogP contribution in [-0.2, 0) is 4.74 Å². The lowest BCUT2D eigenvalue weighted by Crippen LogP contribution is -2.37. The van der Waals surface area contributed by atoms with Crippen LogP contribution in [0.25, 0.3) is 0 Å². The first-order valence-electron chi connectivity index (χ1n) is 6.11. The quantitative estimate of drug-likeness (QED) is 0.638. The molecule has 0 aliphatic rings. The first-order valence-corrected chi connectivity index (χ1v) is 6.11. The molecule has 0 saturated heterocycles.